The van der Waals surface area contributed by atoms with Gasteiger partial charge in [0, 0.05) is 24.3 Å². The molecule has 1 aliphatic rings. The molecule has 0 aromatic heterocycles. The Morgan fingerprint density at radius 3 is 2.48 bits per heavy atom. The maximum Gasteiger partial charge on any atom is 0.264 e. The van der Waals surface area contributed by atoms with E-state index in [4.69, 9.17) is 4.74 Å². The van der Waals surface area contributed by atoms with Gasteiger partial charge in [0.25, 0.3) is 5.91 Å². The number of nitrogens with one attached hydrogen (secondary N) is 1. The van der Waals surface area contributed by atoms with Crippen LogP contribution in [0.15, 0.2) is 58.4 Å². The number of rotatable bonds is 6. The number of amidine groups is 1. The topological polar surface area (TPSA) is 53.9 Å². The summed E-state index contributed by atoms with van der Waals surface area (Å²) in [7, 11) is 1.62. The van der Waals surface area contributed by atoms with Gasteiger partial charge in [-0.3, -0.25) is 4.79 Å². The van der Waals surface area contributed by atoms with Crippen molar-refractivity contribution in [3.05, 3.63) is 59.0 Å². The monoisotopic (exact) mass is 381 g/mol. The molecule has 3 rings (SSSR count). The van der Waals surface area contributed by atoms with Gasteiger partial charge in [-0.15, -0.1) is 0 Å². The summed E-state index contributed by atoms with van der Waals surface area (Å²) in [6.45, 7) is 6.20. The smallest absolute Gasteiger partial charge is 0.264 e. The molecule has 1 amide bonds. The predicted molar refractivity (Wildman–Crippen MR) is 114 cm³/mol. The molecule has 0 spiro atoms. The normalized spacial score (nSPS) is 16.6. The summed E-state index contributed by atoms with van der Waals surface area (Å²) in [5.74, 6) is 0.584. The third-order valence-corrected chi connectivity index (χ3v) is 5.20. The van der Waals surface area contributed by atoms with Crippen molar-refractivity contribution in [3.8, 4) is 5.75 Å². The van der Waals surface area contributed by atoms with Gasteiger partial charge in [0.2, 0.25) is 0 Å². The van der Waals surface area contributed by atoms with Gasteiger partial charge in [0.05, 0.1) is 17.7 Å². The summed E-state index contributed by atoms with van der Waals surface area (Å²) in [5.41, 5.74) is 2.85. The first-order valence-corrected chi connectivity index (χ1v) is 9.73. The van der Waals surface area contributed by atoms with Gasteiger partial charge < -0.3 is 15.0 Å². The Bertz CT molecular complexity index is 871. The zero-order valence-corrected chi connectivity index (χ0v) is 16.5. The number of carbonyl (C=O) groups excluding carboxylic acids is 1. The third-order valence-electron chi connectivity index (χ3n) is 4.29. The molecule has 2 aromatic carbocycles. The maximum absolute atomic E-state index is 12.3. The number of anilines is 1. The van der Waals surface area contributed by atoms with Gasteiger partial charge in [-0.2, -0.15) is 0 Å². The van der Waals surface area contributed by atoms with E-state index in [0.717, 1.165) is 30.1 Å². The Hall–Kier alpha value is -2.73. The van der Waals surface area contributed by atoms with E-state index in [1.165, 1.54) is 17.4 Å². The molecule has 0 aliphatic carbocycles. The molecule has 0 radical (unpaired) electrons. The number of amides is 1. The van der Waals surface area contributed by atoms with Crippen LogP contribution in [0.25, 0.3) is 6.08 Å². The number of ether oxygens (including phenoxy) is 1. The molecule has 0 bridgehead atoms. The highest BCUT2D eigenvalue weighted by Crippen LogP contribution is 2.30. The molecule has 1 aliphatic heterocycles. The highest BCUT2D eigenvalue weighted by Gasteiger charge is 2.24. The molecule has 0 atom stereocenters. The second kappa shape index (κ2) is 8.77. The zero-order valence-electron chi connectivity index (χ0n) is 15.7. The number of hydrogen-bond acceptors (Lipinski definition) is 5. The lowest BCUT2D eigenvalue weighted by Crippen LogP contribution is -2.21. The van der Waals surface area contributed by atoms with Crippen molar-refractivity contribution >= 4 is 40.3 Å². The van der Waals surface area contributed by atoms with Crippen molar-refractivity contribution in [2.24, 2.45) is 4.99 Å². The lowest BCUT2D eigenvalue weighted by atomic mass is 10.2. The van der Waals surface area contributed by atoms with Crippen LogP contribution >= 0.6 is 11.8 Å². The minimum Gasteiger partial charge on any atom is -0.496 e. The zero-order chi connectivity index (χ0) is 19.2. The second-order valence-electron chi connectivity index (χ2n) is 5.91. The Balaban J connectivity index is 1.78. The SMILES string of the molecule is CCN(CC)c1ccc(N=C2NC(=O)/C(=C/c3ccccc3OC)S2)cc1. The summed E-state index contributed by atoms with van der Waals surface area (Å²) in [6, 6.07) is 15.6. The standard InChI is InChI=1S/C21H23N3O2S/c1-4-24(5-2)17-12-10-16(11-13-17)22-21-23-20(25)19(27-21)14-15-8-6-7-9-18(15)26-3/h6-14H,4-5H2,1-3H3,(H,22,23,25)/b19-14-. The molecule has 0 unspecified atom stereocenters. The molecule has 6 heteroatoms. The number of hydrogen-bond donors (Lipinski definition) is 1. The molecule has 0 saturated carbocycles. The molecule has 1 heterocycles. The molecule has 27 heavy (non-hydrogen) atoms. The van der Waals surface area contributed by atoms with Crippen LogP contribution in [0.2, 0.25) is 0 Å². The molecule has 1 fully saturated rings. The quantitative estimate of drug-likeness (QED) is 0.752. The summed E-state index contributed by atoms with van der Waals surface area (Å²) >= 11 is 1.33. The lowest BCUT2D eigenvalue weighted by Gasteiger charge is -2.20. The lowest BCUT2D eigenvalue weighted by molar-refractivity contribution is -0.115. The van der Waals surface area contributed by atoms with Crippen LogP contribution in [-0.2, 0) is 4.79 Å². The van der Waals surface area contributed by atoms with E-state index in [2.05, 4.69) is 41.2 Å². The Kier molecular flexibility index (Phi) is 6.19. The fourth-order valence-electron chi connectivity index (χ4n) is 2.85. The largest absolute Gasteiger partial charge is 0.496 e. The predicted octanol–water partition coefficient (Wildman–Crippen LogP) is 4.43. The van der Waals surface area contributed by atoms with Crippen LogP contribution in [-0.4, -0.2) is 31.3 Å². The number of thioether (sulfide) groups is 1. The van der Waals surface area contributed by atoms with E-state index in [0.29, 0.717) is 10.1 Å². The third kappa shape index (κ3) is 4.52. The maximum atomic E-state index is 12.3. The van der Waals surface area contributed by atoms with E-state index in [9.17, 15) is 4.79 Å². The van der Waals surface area contributed by atoms with Gasteiger partial charge in [0.1, 0.15) is 5.75 Å². The van der Waals surface area contributed by atoms with Crippen molar-refractivity contribution in [1.29, 1.82) is 0 Å². The molecular formula is C21H23N3O2S. The van der Waals surface area contributed by atoms with Crippen LogP contribution in [0.3, 0.4) is 0 Å². The van der Waals surface area contributed by atoms with E-state index < -0.39 is 0 Å². The summed E-state index contributed by atoms with van der Waals surface area (Å²) in [5, 5.41) is 3.40. The average Bonchev–Trinajstić information content (AvgIpc) is 3.03. The number of nitrogens with zero attached hydrogens (tertiary/aromatic N) is 2. The van der Waals surface area contributed by atoms with Gasteiger partial charge in [-0.05, 0) is 62.0 Å². The highest BCUT2D eigenvalue weighted by molar-refractivity contribution is 8.18. The fourth-order valence-corrected chi connectivity index (χ4v) is 3.68. The molecule has 2 aromatic rings. The van der Waals surface area contributed by atoms with E-state index in [1.807, 2.05) is 42.5 Å². The molecular weight excluding hydrogens is 358 g/mol. The van der Waals surface area contributed by atoms with Crippen molar-refractivity contribution < 1.29 is 9.53 Å². The van der Waals surface area contributed by atoms with E-state index >= 15 is 0 Å². The summed E-state index contributed by atoms with van der Waals surface area (Å²) < 4.78 is 5.34. The minimum absolute atomic E-state index is 0.149. The second-order valence-corrected chi connectivity index (χ2v) is 6.94. The van der Waals surface area contributed by atoms with Gasteiger partial charge in [-0.25, -0.2) is 4.99 Å². The molecule has 140 valence electrons. The number of methoxy groups -OCH3 is 1. The van der Waals surface area contributed by atoms with Gasteiger partial charge in [0.15, 0.2) is 5.17 Å². The van der Waals surface area contributed by atoms with Crippen LogP contribution in [0.5, 0.6) is 5.75 Å². The Morgan fingerprint density at radius 1 is 1.11 bits per heavy atom. The fraction of sp³-hybridized carbons (Fsp3) is 0.238. The van der Waals surface area contributed by atoms with Crippen molar-refractivity contribution in [2.45, 2.75) is 13.8 Å². The molecule has 5 nitrogen and oxygen atoms in total. The summed E-state index contributed by atoms with van der Waals surface area (Å²) in [4.78, 5) is 19.7. The Morgan fingerprint density at radius 2 is 1.81 bits per heavy atom. The Labute approximate surface area is 164 Å². The minimum atomic E-state index is -0.149. The number of para-hydroxylation sites is 1. The molecule has 1 N–H and O–H groups in total. The van der Waals surface area contributed by atoms with Crippen LogP contribution < -0.4 is 15.0 Å². The first-order chi connectivity index (χ1) is 13.1. The number of benzene rings is 2. The van der Waals surface area contributed by atoms with Gasteiger partial charge in [-0.1, -0.05) is 18.2 Å². The first kappa shape index (κ1) is 19.0. The first-order valence-electron chi connectivity index (χ1n) is 8.92. The van der Waals surface area contributed by atoms with Crippen LogP contribution in [0, 0.1) is 0 Å². The molecule has 1 saturated heterocycles. The highest BCUT2D eigenvalue weighted by atomic mass is 32.2. The number of aliphatic imine (C=N–C) groups is 1. The van der Waals surface area contributed by atoms with Crippen molar-refractivity contribution in [3.63, 3.8) is 0 Å². The number of carbonyl (C=O) groups is 1. The van der Waals surface area contributed by atoms with Crippen LogP contribution in [0.4, 0.5) is 11.4 Å². The van der Waals surface area contributed by atoms with E-state index in [1.54, 1.807) is 7.11 Å². The van der Waals surface area contributed by atoms with Crippen molar-refractivity contribution in [1.82, 2.24) is 5.32 Å². The summed E-state index contributed by atoms with van der Waals surface area (Å²) in [6.07, 6.45) is 1.82. The van der Waals surface area contributed by atoms with Crippen LogP contribution in [0.1, 0.15) is 19.4 Å². The van der Waals surface area contributed by atoms with Gasteiger partial charge >= 0.3 is 0 Å². The van der Waals surface area contributed by atoms with Crippen molar-refractivity contribution in [2.75, 3.05) is 25.1 Å². The van der Waals surface area contributed by atoms with E-state index in [-0.39, 0.29) is 5.91 Å². The average molecular weight is 382 g/mol.